The van der Waals surface area contributed by atoms with Gasteiger partial charge in [0.1, 0.15) is 5.71 Å². The number of sulfonamides is 1. The molecule has 6 rings (SSSR count). The number of para-hydroxylation sites is 1. The van der Waals surface area contributed by atoms with Gasteiger partial charge in [0, 0.05) is 37.3 Å². The van der Waals surface area contributed by atoms with E-state index in [2.05, 4.69) is 19.0 Å². The maximum Gasteiger partial charge on any atom is 0.243 e. The highest BCUT2D eigenvalue weighted by atomic mass is 32.2. The first-order chi connectivity index (χ1) is 20.9. The fraction of sp³-hybridized carbons (Fsp3) is 0.406. The number of hydrogen-bond donors (Lipinski definition) is 1. The van der Waals surface area contributed by atoms with Gasteiger partial charge in [0.05, 0.1) is 27.8 Å². The van der Waals surface area contributed by atoms with Crippen molar-refractivity contribution in [2.45, 2.75) is 54.6 Å². The van der Waals surface area contributed by atoms with E-state index in [1.165, 1.54) is 29.6 Å². The molecule has 1 heterocycles. The Morgan fingerprint density at radius 3 is 2.05 bits per heavy atom. The largest absolute Gasteiger partial charge is 0.492 e. The van der Waals surface area contributed by atoms with Crippen molar-refractivity contribution >= 4 is 31.3 Å². The molecule has 234 valence electrons. The van der Waals surface area contributed by atoms with E-state index in [0.29, 0.717) is 53.9 Å². The van der Waals surface area contributed by atoms with Crippen molar-refractivity contribution < 1.29 is 31.2 Å². The average molecular weight is 642 g/mol. The minimum atomic E-state index is -3.92. The zero-order chi connectivity index (χ0) is 31.4. The molecule has 12 heteroatoms. The first-order valence-corrected chi connectivity index (χ1v) is 17.7. The van der Waals surface area contributed by atoms with E-state index in [0.717, 1.165) is 12.8 Å². The van der Waals surface area contributed by atoms with Crippen LogP contribution in [-0.4, -0.2) is 70.6 Å². The summed E-state index contributed by atoms with van der Waals surface area (Å²) in [6.07, 6.45) is 2.86. The maximum absolute atomic E-state index is 14.2. The van der Waals surface area contributed by atoms with Crippen LogP contribution in [0.15, 0.2) is 69.5 Å². The SMILES string of the molecule is COc1c(F)cccc1N1CCN(S(=O)(=O)c2ccc3c(c2)/C(=N/O)c2cc(S(=O)(=O)C4CCC(C)(C)CC4)ccc2-3)CC1. The summed E-state index contributed by atoms with van der Waals surface area (Å²) in [6.45, 7) is 5.36. The summed E-state index contributed by atoms with van der Waals surface area (Å²) in [7, 11) is -6.12. The van der Waals surface area contributed by atoms with E-state index in [1.54, 1.807) is 36.4 Å². The lowest BCUT2D eigenvalue weighted by Gasteiger charge is -2.36. The number of sulfone groups is 1. The van der Waals surface area contributed by atoms with Gasteiger partial charge in [-0.2, -0.15) is 4.31 Å². The predicted octanol–water partition coefficient (Wildman–Crippen LogP) is 5.29. The number of hydrogen-bond acceptors (Lipinski definition) is 8. The molecule has 1 saturated carbocycles. The molecule has 0 bridgehead atoms. The van der Waals surface area contributed by atoms with Crippen LogP contribution in [0.2, 0.25) is 0 Å². The molecule has 44 heavy (non-hydrogen) atoms. The smallest absolute Gasteiger partial charge is 0.243 e. The van der Waals surface area contributed by atoms with E-state index in [4.69, 9.17) is 4.74 Å². The summed E-state index contributed by atoms with van der Waals surface area (Å²) in [5.41, 5.74) is 3.04. The zero-order valence-electron chi connectivity index (χ0n) is 25.0. The van der Waals surface area contributed by atoms with E-state index in [9.17, 15) is 26.4 Å². The van der Waals surface area contributed by atoms with Gasteiger partial charge in [-0.05, 0) is 78.6 Å². The van der Waals surface area contributed by atoms with Gasteiger partial charge in [-0.3, -0.25) is 0 Å². The lowest BCUT2D eigenvalue weighted by molar-refractivity contribution is 0.246. The number of rotatable bonds is 6. The van der Waals surface area contributed by atoms with Crippen LogP contribution in [0.25, 0.3) is 11.1 Å². The van der Waals surface area contributed by atoms with Crippen molar-refractivity contribution in [3.8, 4) is 16.9 Å². The van der Waals surface area contributed by atoms with Gasteiger partial charge in [0.25, 0.3) is 0 Å². The number of methoxy groups -OCH3 is 1. The molecule has 2 aliphatic carbocycles. The van der Waals surface area contributed by atoms with Crippen molar-refractivity contribution in [1.82, 2.24) is 4.31 Å². The molecular formula is C32H36FN3O6S2. The van der Waals surface area contributed by atoms with Crippen LogP contribution in [0.5, 0.6) is 5.75 Å². The predicted molar refractivity (Wildman–Crippen MR) is 166 cm³/mol. The van der Waals surface area contributed by atoms with E-state index >= 15 is 0 Å². The minimum Gasteiger partial charge on any atom is -0.492 e. The lowest BCUT2D eigenvalue weighted by atomic mass is 9.77. The van der Waals surface area contributed by atoms with Crippen LogP contribution in [0, 0.1) is 11.2 Å². The Morgan fingerprint density at radius 2 is 1.45 bits per heavy atom. The van der Waals surface area contributed by atoms with Gasteiger partial charge in [-0.25, -0.2) is 21.2 Å². The van der Waals surface area contributed by atoms with Crippen molar-refractivity contribution in [3.05, 3.63) is 71.5 Å². The first kappa shape index (κ1) is 30.5. The summed E-state index contributed by atoms with van der Waals surface area (Å²) in [5.74, 6) is -0.361. The molecule has 0 radical (unpaired) electrons. The quantitative estimate of drug-likeness (QED) is 0.225. The van der Waals surface area contributed by atoms with Crippen LogP contribution >= 0.6 is 0 Å². The van der Waals surface area contributed by atoms with Crippen LogP contribution < -0.4 is 9.64 Å². The number of fused-ring (bicyclic) bond motifs is 3. The molecule has 1 N–H and O–H groups in total. The highest BCUT2D eigenvalue weighted by Crippen LogP contribution is 2.43. The van der Waals surface area contributed by atoms with Crippen LogP contribution in [0.4, 0.5) is 10.1 Å². The van der Waals surface area contributed by atoms with Gasteiger partial charge in [-0.1, -0.05) is 37.2 Å². The Kier molecular flexibility index (Phi) is 7.74. The molecule has 3 aromatic rings. The molecule has 0 atom stereocenters. The number of piperazine rings is 1. The summed E-state index contributed by atoms with van der Waals surface area (Å²) >= 11 is 0. The Bertz CT molecular complexity index is 1860. The van der Waals surface area contributed by atoms with E-state index < -0.39 is 30.9 Å². The number of benzene rings is 3. The van der Waals surface area contributed by atoms with Crippen LogP contribution in [0.3, 0.4) is 0 Å². The van der Waals surface area contributed by atoms with Crippen LogP contribution in [-0.2, 0) is 19.9 Å². The third kappa shape index (κ3) is 5.16. The zero-order valence-corrected chi connectivity index (χ0v) is 26.6. The molecule has 1 aliphatic heterocycles. The van der Waals surface area contributed by atoms with Gasteiger partial charge in [-0.15, -0.1) is 0 Å². The van der Waals surface area contributed by atoms with Crippen molar-refractivity contribution in [2.24, 2.45) is 10.6 Å². The van der Waals surface area contributed by atoms with Crippen molar-refractivity contribution in [3.63, 3.8) is 0 Å². The van der Waals surface area contributed by atoms with Crippen molar-refractivity contribution in [1.29, 1.82) is 0 Å². The molecule has 3 aromatic carbocycles. The highest BCUT2D eigenvalue weighted by Gasteiger charge is 2.37. The molecule has 9 nitrogen and oxygen atoms in total. The Hall–Kier alpha value is -3.48. The summed E-state index contributed by atoms with van der Waals surface area (Å²) in [6, 6.07) is 14.2. The maximum atomic E-state index is 14.2. The van der Waals surface area contributed by atoms with Gasteiger partial charge < -0.3 is 14.8 Å². The fourth-order valence-corrected chi connectivity index (χ4v) is 9.87. The van der Waals surface area contributed by atoms with Gasteiger partial charge in [0.15, 0.2) is 21.4 Å². The monoisotopic (exact) mass is 641 g/mol. The Morgan fingerprint density at radius 1 is 0.864 bits per heavy atom. The second-order valence-corrected chi connectivity index (χ2v) is 16.6. The Labute approximate surface area is 257 Å². The molecular weight excluding hydrogens is 605 g/mol. The number of oxime groups is 1. The Balaban J connectivity index is 1.24. The molecule has 0 aromatic heterocycles. The second kappa shape index (κ2) is 11.1. The third-order valence-electron chi connectivity index (χ3n) is 9.30. The number of nitrogens with zero attached hydrogens (tertiary/aromatic N) is 3. The summed E-state index contributed by atoms with van der Waals surface area (Å²) < 4.78 is 75.4. The second-order valence-electron chi connectivity index (χ2n) is 12.5. The normalized spacial score (nSPS) is 20.0. The number of ether oxygens (including phenoxy) is 1. The molecule has 0 spiro atoms. The lowest BCUT2D eigenvalue weighted by Crippen LogP contribution is -2.48. The minimum absolute atomic E-state index is 0.0413. The summed E-state index contributed by atoms with van der Waals surface area (Å²) in [5, 5.41) is 13.1. The van der Waals surface area contributed by atoms with E-state index in [1.807, 2.05) is 4.90 Å². The standard InChI is InChI=1S/C32H36FN3O6S2/c1-32(2)13-11-21(12-14-32)43(38,39)22-7-9-24-25-10-8-23(20-27(25)30(34-37)26(24)19-22)44(40,41)36-17-15-35(16-18-36)29-6-4-5-28(33)31(29)42-3/h4-10,19-21,37H,11-18H2,1-3H3/b34-30+. The molecule has 0 amide bonds. The number of halogens is 1. The summed E-state index contributed by atoms with van der Waals surface area (Å²) in [4.78, 5) is 2.11. The molecule has 0 unspecified atom stereocenters. The average Bonchev–Trinajstić information content (AvgIpc) is 3.33. The highest BCUT2D eigenvalue weighted by molar-refractivity contribution is 7.92. The van der Waals surface area contributed by atoms with Crippen molar-refractivity contribution in [2.75, 3.05) is 38.2 Å². The van der Waals surface area contributed by atoms with Crippen LogP contribution in [0.1, 0.15) is 50.7 Å². The number of anilines is 1. The first-order valence-electron chi connectivity index (χ1n) is 14.7. The molecule has 1 saturated heterocycles. The topological polar surface area (TPSA) is 117 Å². The fourth-order valence-electron chi connectivity index (χ4n) is 6.64. The van der Waals surface area contributed by atoms with Gasteiger partial charge >= 0.3 is 0 Å². The third-order valence-corrected chi connectivity index (χ3v) is 13.5. The van der Waals surface area contributed by atoms with Gasteiger partial charge in [0.2, 0.25) is 10.0 Å². The molecule has 3 aliphatic rings. The molecule has 2 fully saturated rings. The van der Waals surface area contributed by atoms with E-state index in [-0.39, 0.29) is 39.8 Å².